The lowest BCUT2D eigenvalue weighted by Crippen LogP contribution is -2.52. The van der Waals surface area contributed by atoms with Crippen molar-refractivity contribution in [1.29, 1.82) is 0 Å². The summed E-state index contributed by atoms with van der Waals surface area (Å²) >= 11 is 0. The number of β-amino-alcohol motifs (C(OH)–C–C–N with tert-alkyl or cyclic N) is 1. The van der Waals surface area contributed by atoms with Gasteiger partial charge in [0.15, 0.2) is 0 Å². The van der Waals surface area contributed by atoms with Gasteiger partial charge in [0.05, 0.1) is 25.9 Å². The van der Waals surface area contributed by atoms with E-state index in [9.17, 15) is 5.11 Å². The Hall–Kier alpha value is -0.200. The molecule has 1 fully saturated rings. The number of ether oxygens (including phenoxy) is 2. The van der Waals surface area contributed by atoms with Crippen molar-refractivity contribution in [1.82, 2.24) is 10.2 Å². The number of hydrogen-bond acceptors (Lipinski definition) is 5. The average Bonchev–Trinajstić information content (AvgIpc) is 2.43. The smallest absolute Gasteiger partial charge is 0.0900 e. The van der Waals surface area contributed by atoms with Crippen molar-refractivity contribution in [3.05, 3.63) is 0 Å². The number of methoxy groups -OCH3 is 1. The van der Waals surface area contributed by atoms with Crippen LogP contribution in [0, 0.1) is 0 Å². The SMILES string of the molecule is CNC(C)C1CCCCN1CC(O)COCCOC. The molecule has 0 aromatic heterocycles. The van der Waals surface area contributed by atoms with Gasteiger partial charge >= 0.3 is 0 Å². The quantitative estimate of drug-likeness (QED) is 0.599. The van der Waals surface area contributed by atoms with E-state index in [0.29, 0.717) is 38.4 Å². The third-order valence-corrected chi connectivity index (χ3v) is 3.88. The summed E-state index contributed by atoms with van der Waals surface area (Å²) in [6.07, 6.45) is 3.30. The van der Waals surface area contributed by atoms with Crippen LogP contribution in [0.15, 0.2) is 0 Å². The van der Waals surface area contributed by atoms with Crippen molar-refractivity contribution in [3.63, 3.8) is 0 Å². The Balaban J connectivity index is 2.30. The van der Waals surface area contributed by atoms with Gasteiger partial charge in [-0.3, -0.25) is 4.90 Å². The lowest BCUT2D eigenvalue weighted by atomic mass is 9.96. The molecule has 0 saturated carbocycles. The second kappa shape index (κ2) is 9.66. The van der Waals surface area contributed by atoms with Gasteiger partial charge in [-0.15, -0.1) is 0 Å². The maximum atomic E-state index is 10.0. The minimum Gasteiger partial charge on any atom is -0.389 e. The Bertz CT molecular complexity index is 229. The van der Waals surface area contributed by atoms with Gasteiger partial charge < -0.3 is 19.9 Å². The third-order valence-electron chi connectivity index (χ3n) is 3.88. The lowest BCUT2D eigenvalue weighted by molar-refractivity contribution is -0.0137. The van der Waals surface area contributed by atoms with Crippen LogP contribution in [0.3, 0.4) is 0 Å². The van der Waals surface area contributed by atoms with Gasteiger partial charge in [-0.1, -0.05) is 6.42 Å². The molecule has 114 valence electrons. The van der Waals surface area contributed by atoms with Crippen LogP contribution in [-0.2, 0) is 9.47 Å². The minimum atomic E-state index is -0.415. The van der Waals surface area contributed by atoms with E-state index in [4.69, 9.17) is 9.47 Å². The fraction of sp³-hybridized carbons (Fsp3) is 1.00. The van der Waals surface area contributed by atoms with Crippen molar-refractivity contribution in [2.45, 2.75) is 44.4 Å². The zero-order valence-corrected chi connectivity index (χ0v) is 12.6. The Kier molecular flexibility index (Phi) is 8.57. The summed E-state index contributed by atoms with van der Waals surface area (Å²) in [5.41, 5.74) is 0. The molecule has 1 saturated heterocycles. The molecule has 0 spiro atoms. The van der Waals surface area contributed by atoms with Crippen LogP contribution in [0.1, 0.15) is 26.2 Å². The summed E-state index contributed by atoms with van der Waals surface area (Å²) in [6, 6.07) is 0.981. The highest BCUT2D eigenvalue weighted by molar-refractivity contribution is 4.85. The molecule has 2 N–H and O–H groups in total. The molecule has 0 bridgehead atoms. The van der Waals surface area contributed by atoms with Gasteiger partial charge in [-0.25, -0.2) is 0 Å². The molecule has 0 aromatic rings. The maximum Gasteiger partial charge on any atom is 0.0900 e. The molecule has 5 heteroatoms. The molecule has 0 radical (unpaired) electrons. The van der Waals surface area contributed by atoms with Crippen LogP contribution in [0.2, 0.25) is 0 Å². The van der Waals surface area contributed by atoms with E-state index in [-0.39, 0.29) is 0 Å². The fourth-order valence-corrected chi connectivity index (χ4v) is 2.69. The summed E-state index contributed by atoms with van der Waals surface area (Å²) in [7, 11) is 3.65. The molecule has 0 aromatic carbocycles. The van der Waals surface area contributed by atoms with Gasteiger partial charge in [-0.2, -0.15) is 0 Å². The van der Waals surface area contributed by atoms with Crippen LogP contribution < -0.4 is 5.32 Å². The molecule has 3 atom stereocenters. The van der Waals surface area contributed by atoms with E-state index in [0.717, 1.165) is 6.54 Å². The van der Waals surface area contributed by atoms with E-state index < -0.39 is 6.10 Å². The van der Waals surface area contributed by atoms with Crippen LogP contribution in [-0.4, -0.2) is 75.3 Å². The van der Waals surface area contributed by atoms with Crippen LogP contribution in [0.4, 0.5) is 0 Å². The van der Waals surface area contributed by atoms with Gasteiger partial charge in [0.25, 0.3) is 0 Å². The summed E-state index contributed by atoms with van der Waals surface area (Å²) in [4.78, 5) is 2.40. The average molecular weight is 274 g/mol. The number of rotatable bonds is 9. The minimum absolute atomic E-state index is 0.389. The van der Waals surface area contributed by atoms with E-state index in [1.54, 1.807) is 7.11 Å². The first-order valence-electron chi connectivity index (χ1n) is 7.35. The highest BCUT2D eigenvalue weighted by Gasteiger charge is 2.27. The zero-order chi connectivity index (χ0) is 14.1. The van der Waals surface area contributed by atoms with Gasteiger partial charge in [0.1, 0.15) is 0 Å². The summed E-state index contributed by atoms with van der Waals surface area (Å²) in [5.74, 6) is 0. The lowest BCUT2D eigenvalue weighted by Gasteiger charge is -2.40. The Morgan fingerprint density at radius 1 is 1.37 bits per heavy atom. The van der Waals surface area contributed by atoms with Gasteiger partial charge in [-0.05, 0) is 33.4 Å². The van der Waals surface area contributed by atoms with Crippen molar-refractivity contribution in [2.75, 3.05) is 47.1 Å². The molecule has 1 aliphatic rings. The first kappa shape index (κ1) is 16.9. The Labute approximate surface area is 117 Å². The largest absolute Gasteiger partial charge is 0.389 e. The second-order valence-electron chi connectivity index (χ2n) is 5.36. The van der Waals surface area contributed by atoms with E-state index >= 15 is 0 Å². The predicted molar refractivity (Wildman–Crippen MR) is 76.4 cm³/mol. The zero-order valence-electron chi connectivity index (χ0n) is 12.6. The van der Waals surface area contributed by atoms with Crippen molar-refractivity contribution in [3.8, 4) is 0 Å². The number of hydrogen-bond donors (Lipinski definition) is 2. The summed E-state index contributed by atoms with van der Waals surface area (Å²) < 4.78 is 10.3. The highest BCUT2D eigenvalue weighted by Crippen LogP contribution is 2.19. The van der Waals surface area contributed by atoms with E-state index in [2.05, 4.69) is 17.1 Å². The Morgan fingerprint density at radius 2 is 2.16 bits per heavy atom. The molecular formula is C14H30N2O3. The Morgan fingerprint density at radius 3 is 2.84 bits per heavy atom. The number of aliphatic hydroxyl groups excluding tert-OH is 1. The topological polar surface area (TPSA) is 54.0 Å². The first-order valence-corrected chi connectivity index (χ1v) is 7.35. The van der Waals surface area contributed by atoms with Crippen LogP contribution in [0.5, 0.6) is 0 Å². The summed E-state index contributed by atoms with van der Waals surface area (Å²) in [5, 5.41) is 13.4. The molecule has 1 heterocycles. The van der Waals surface area contributed by atoms with Gasteiger partial charge in [0.2, 0.25) is 0 Å². The van der Waals surface area contributed by atoms with Crippen molar-refractivity contribution < 1.29 is 14.6 Å². The number of nitrogens with one attached hydrogen (secondary N) is 1. The van der Waals surface area contributed by atoms with Crippen molar-refractivity contribution in [2.24, 2.45) is 0 Å². The van der Waals surface area contributed by atoms with E-state index in [1.165, 1.54) is 19.3 Å². The third kappa shape index (κ3) is 6.19. The van der Waals surface area contributed by atoms with Gasteiger partial charge in [0, 0.05) is 25.7 Å². The number of likely N-dealkylation sites (tertiary alicyclic amines) is 1. The number of piperidine rings is 1. The molecule has 1 aliphatic heterocycles. The van der Waals surface area contributed by atoms with Crippen LogP contribution >= 0.6 is 0 Å². The predicted octanol–water partition coefficient (Wildman–Crippen LogP) is 0.473. The molecular weight excluding hydrogens is 244 g/mol. The number of likely N-dealkylation sites (N-methyl/N-ethyl adjacent to an activating group) is 1. The molecule has 19 heavy (non-hydrogen) atoms. The number of aliphatic hydroxyl groups is 1. The maximum absolute atomic E-state index is 10.0. The standard InChI is InChI=1S/C14H30N2O3/c1-12(15-2)14-6-4-5-7-16(14)10-13(17)11-19-9-8-18-3/h12-15,17H,4-11H2,1-3H3. The second-order valence-corrected chi connectivity index (χ2v) is 5.36. The molecule has 5 nitrogen and oxygen atoms in total. The summed E-state index contributed by atoms with van der Waals surface area (Å²) in [6.45, 7) is 5.50. The molecule has 0 amide bonds. The molecule has 3 unspecified atom stereocenters. The molecule has 1 rings (SSSR count). The number of nitrogens with zero attached hydrogens (tertiary/aromatic N) is 1. The highest BCUT2D eigenvalue weighted by atomic mass is 16.5. The first-order chi connectivity index (χ1) is 9.19. The molecule has 0 aliphatic carbocycles. The van der Waals surface area contributed by atoms with Crippen molar-refractivity contribution >= 4 is 0 Å². The normalized spacial score (nSPS) is 24.3. The van der Waals surface area contributed by atoms with E-state index in [1.807, 2.05) is 7.05 Å². The van der Waals surface area contributed by atoms with Crippen LogP contribution in [0.25, 0.3) is 0 Å². The monoisotopic (exact) mass is 274 g/mol. The fourth-order valence-electron chi connectivity index (χ4n) is 2.69.